The van der Waals surface area contributed by atoms with Crippen molar-refractivity contribution in [2.75, 3.05) is 5.43 Å². The molecule has 0 bridgehead atoms. The lowest BCUT2D eigenvalue weighted by Crippen LogP contribution is -2.17. The largest absolute Gasteiger partial charge is 0.291 e. The molecule has 1 aromatic heterocycles. The van der Waals surface area contributed by atoms with E-state index in [0.29, 0.717) is 10.8 Å². The number of benzene rings is 2. The lowest BCUT2D eigenvalue weighted by Gasteiger charge is -2.01. The molecule has 6 nitrogen and oxygen atoms in total. The fourth-order valence-electron chi connectivity index (χ4n) is 1.85. The van der Waals surface area contributed by atoms with Crippen LogP contribution in [0.3, 0.4) is 0 Å². The van der Waals surface area contributed by atoms with Gasteiger partial charge in [0.25, 0.3) is 5.56 Å². The van der Waals surface area contributed by atoms with Crippen molar-refractivity contribution in [1.29, 1.82) is 0 Å². The molecule has 0 unspecified atom stereocenters. The van der Waals surface area contributed by atoms with Crippen LogP contribution in [0.15, 0.2) is 64.5 Å². The van der Waals surface area contributed by atoms with E-state index < -0.39 is 5.56 Å². The molecule has 0 atom stereocenters. The smallest absolute Gasteiger partial charge is 0.278 e. The third-order valence-electron chi connectivity index (χ3n) is 2.98. The Bertz CT molecular complexity index is 875. The van der Waals surface area contributed by atoms with E-state index >= 15 is 0 Å². The minimum atomic E-state index is -0.411. The van der Waals surface area contributed by atoms with Crippen molar-refractivity contribution < 1.29 is 0 Å². The average Bonchev–Trinajstić information content (AvgIpc) is 2.59. The van der Waals surface area contributed by atoms with Crippen molar-refractivity contribution in [3.63, 3.8) is 0 Å². The maximum atomic E-state index is 11.8. The van der Waals surface area contributed by atoms with Crippen molar-refractivity contribution in [3.8, 4) is 11.4 Å². The zero-order valence-corrected chi connectivity index (χ0v) is 12.7. The fraction of sp³-hybridized carbons (Fsp3) is 0. The molecule has 0 fully saturated rings. The zero-order chi connectivity index (χ0) is 16.1. The summed E-state index contributed by atoms with van der Waals surface area (Å²) >= 11 is 5.81. The molecule has 2 aromatic carbocycles. The Labute approximate surface area is 136 Å². The summed E-state index contributed by atoms with van der Waals surface area (Å²) < 4.78 is 0. The third kappa shape index (κ3) is 3.81. The maximum Gasteiger partial charge on any atom is 0.291 e. The first kappa shape index (κ1) is 14.9. The van der Waals surface area contributed by atoms with Gasteiger partial charge >= 0.3 is 0 Å². The second-order valence-electron chi connectivity index (χ2n) is 4.62. The molecule has 2 N–H and O–H groups in total. The Hall–Kier alpha value is -2.99. The van der Waals surface area contributed by atoms with E-state index in [1.165, 1.54) is 6.21 Å². The third-order valence-corrected chi connectivity index (χ3v) is 3.23. The number of aromatic nitrogens is 3. The molecular formula is C16H12ClN5O. The van der Waals surface area contributed by atoms with Crippen molar-refractivity contribution in [2.24, 2.45) is 5.10 Å². The molecule has 23 heavy (non-hydrogen) atoms. The van der Waals surface area contributed by atoms with Crippen LogP contribution in [0, 0.1) is 0 Å². The first-order valence-electron chi connectivity index (χ1n) is 6.79. The van der Waals surface area contributed by atoms with Crippen molar-refractivity contribution in [3.05, 3.63) is 75.7 Å². The molecule has 1 heterocycles. The highest BCUT2D eigenvalue weighted by molar-refractivity contribution is 6.30. The first-order chi connectivity index (χ1) is 11.2. The molecule has 7 heteroatoms. The van der Waals surface area contributed by atoms with Gasteiger partial charge in [0.2, 0.25) is 0 Å². The van der Waals surface area contributed by atoms with Gasteiger partial charge in [0.15, 0.2) is 11.5 Å². The summed E-state index contributed by atoms with van der Waals surface area (Å²) in [5.41, 5.74) is 4.12. The predicted octanol–water partition coefficient (Wildman–Crippen LogP) is 2.93. The molecule has 0 amide bonds. The van der Waals surface area contributed by atoms with Crippen LogP contribution in [0.4, 0.5) is 5.69 Å². The van der Waals surface area contributed by atoms with E-state index in [0.717, 1.165) is 11.3 Å². The standard InChI is InChI=1S/C16H12ClN5O/c17-12-6-8-13(9-7-12)20-18-10-14-16(23)22-21-15(19-14)11-4-2-1-3-5-11/h1-10,20H,(H,22,23). The van der Waals surface area contributed by atoms with Crippen LogP contribution in [-0.2, 0) is 0 Å². The number of rotatable bonds is 4. The van der Waals surface area contributed by atoms with Crippen LogP contribution < -0.4 is 11.0 Å². The summed E-state index contributed by atoms with van der Waals surface area (Å²) in [6.07, 6.45) is 1.35. The van der Waals surface area contributed by atoms with Gasteiger partial charge in [0, 0.05) is 10.6 Å². The molecule has 0 spiro atoms. The van der Waals surface area contributed by atoms with Crippen LogP contribution in [0.25, 0.3) is 11.4 Å². The maximum absolute atomic E-state index is 11.8. The van der Waals surface area contributed by atoms with Gasteiger partial charge in [0.1, 0.15) is 0 Å². The molecule has 0 saturated heterocycles. The van der Waals surface area contributed by atoms with Gasteiger partial charge in [-0.3, -0.25) is 10.2 Å². The molecule has 0 aliphatic rings. The topological polar surface area (TPSA) is 83.0 Å². The number of halogens is 1. The number of anilines is 1. The number of H-pyrrole nitrogens is 1. The zero-order valence-electron chi connectivity index (χ0n) is 11.9. The van der Waals surface area contributed by atoms with Gasteiger partial charge in [-0.15, -0.1) is 0 Å². The quantitative estimate of drug-likeness (QED) is 0.570. The molecule has 3 rings (SSSR count). The highest BCUT2D eigenvalue weighted by Gasteiger charge is 2.05. The summed E-state index contributed by atoms with van der Waals surface area (Å²) in [6, 6.07) is 16.4. The van der Waals surface area contributed by atoms with Gasteiger partial charge in [0.05, 0.1) is 11.9 Å². The first-order valence-corrected chi connectivity index (χ1v) is 7.17. The van der Waals surface area contributed by atoms with E-state index in [2.05, 4.69) is 25.7 Å². The highest BCUT2D eigenvalue weighted by Crippen LogP contribution is 2.13. The van der Waals surface area contributed by atoms with Crippen LogP contribution in [0.1, 0.15) is 5.69 Å². The molecular weight excluding hydrogens is 314 g/mol. The van der Waals surface area contributed by atoms with E-state index in [1.807, 2.05) is 30.3 Å². The second-order valence-corrected chi connectivity index (χ2v) is 5.05. The summed E-state index contributed by atoms with van der Waals surface area (Å²) in [5, 5.41) is 11.0. The minimum Gasteiger partial charge on any atom is -0.278 e. The summed E-state index contributed by atoms with van der Waals surface area (Å²) in [7, 11) is 0. The number of hydrogen-bond donors (Lipinski definition) is 2. The minimum absolute atomic E-state index is 0.167. The Kier molecular flexibility index (Phi) is 4.44. The SMILES string of the molecule is O=c1[nH]nc(-c2ccccc2)nc1C=NNc1ccc(Cl)cc1. The van der Waals surface area contributed by atoms with Gasteiger partial charge in [-0.2, -0.15) is 10.2 Å². The van der Waals surface area contributed by atoms with E-state index in [1.54, 1.807) is 24.3 Å². The van der Waals surface area contributed by atoms with Crippen LogP contribution in [0.5, 0.6) is 0 Å². The second kappa shape index (κ2) is 6.85. The van der Waals surface area contributed by atoms with Crippen molar-refractivity contribution in [1.82, 2.24) is 15.2 Å². The summed E-state index contributed by atoms with van der Waals surface area (Å²) in [4.78, 5) is 16.0. The van der Waals surface area contributed by atoms with Gasteiger partial charge in [-0.05, 0) is 24.3 Å². The highest BCUT2D eigenvalue weighted by atomic mass is 35.5. The predicted molar refractivity (Wildman–Crippen MR) is 90.8 cm³/mol. The number of nitrogens with one attached hydrogen (secondary N) is 2. The van der Waals surface area contributed by atoms with Crippen molar-refractivity contribution >= 4 is 23.5 Å². The fourth-order valence-corrected chi connectivity index (χ4v) is 1.97. The monoisotopic (exact) mass is 325 g/mol. The summed E-state index contributed by atoms with van der Waals surface area (Å²) in [6.45, 7) is 0. The average molecular weight is 326 g/mol. The Morgan fingerprint density at radius 2 is 1.83 bits per heavy atom. The van der Waals surface area contributed by atoms with Gasteiger partial charge in [-0.1, -0.05) is 41.9 Å². The molecule has 0 radical (unpaired) electrons. The molecule has 0 saturated carbocycles. The number of hydrogen-bond acceptors (Lipinski definition) is 5. The van der Waals surface area contributed by atoms with E-state index in [9.17, 15) is 4.79 Å². The molecule has 114 valence electrons. The van der Waals surface area contributed by atoms with Crippen molar-refractivity contribution in [2.45, 2.75) is 0 Å². The number of aromatic amines is 1. The molecule has 3 aromatic rings. The number of nitrogens with zero attached hydrogens (tertiary/aromatic N) is 3. The van der Waals surface area contributed by atoms with Gasteiger partial charge < -0.3 is 0 Å². The molecule has 0 aliphatic carbocycles. The number of hydrazone groups is 1. The Morgan fingerprint density at radius 1 is 1.09 bits per heavy atom. The normalized spacial score (nSPS) is 10.8. The van der Waals surface area contributed by atoms with E-state index in [4.69, 9.17) is 11.6 Å². The lowest BCUT2D eigenvalue weighted by atomic mass is 10.2. The summed E-state index contributed by atoms with van der Waals surface area (Å²) in [5.74, 6) is 0.429. The Balaban J connectivity index is 1.81. The van der Waals surface area contributed by atoms with Gasteiger partial charge in [-0.25, -0.2) is 10.1 Å². The molecule has 0 aliphatic heterocycles. The van der Waals surface area contributed by atoms with Crippen LogP contribution in [-0.4, -0.2) is 21.4 Å². The van der Waals surface area contributed by atoms with Crippen LogP contribution >= 0.6 is 11.6 Å². The van der Waals surface area contributed by atoms with Crippen LogP contribution in [0.2, 0.25) is 5.02 Å². The van der Waals surface area contributed by atoms with E-state index in [-0.39, 0.29) is 5.69 Å². The lowest BCUT2D eigenvalue weighted by molar-refractivity contribution is 0.934. The Morgan fingerprint density at radius 3 is 2.57 bits per heavy atom.